The molecule has 0 bridgehead atoms. The zero-order valence-corrected chi connectivity index (χ0v) is 23.1. The maximum Gasteiger partial charge on any atom is 0.338 e. The fourth-order valence-corrected chi connectivity index (χ4v) is 4.66. The van der Waals surface area contributed by atoms with Gasteiger partial charge in [0.2, 0.25) is 6.33 Å². The Morgan fingerprint density at radius 3 is 1.62 bits per heavy atom. The van der Waals surface area contributed by atoms with E-state index in [1.807, 2.05) is 7.05 Å². The van der Waals surface area contributed by atoms with Crippen LogP contribution in [0.1, 0.15) is 31.1 Å². The number of nitrogens with zero attached hydrogens (tertiary/aromatic N) is 2. The molecule has 2 heterocycles. The topological polar surface area (TPSA) is 106 Å². The van der Waals surface area contributed by atoms with E-state index in [-0.39, 0.29) is 23.2 Å². The predicted molar refractivity (Wildman–Crippen MR) is 147 cm³/mol. The summed E-state index contributed by atoms with van der Waals surface area (Å²) in [6.45, 7) is 0.159. The zero-order chi connectivity index (χ0) is 29.5. The molecule has 1 aliphatic heterocycles. The van der Waals surface area contributed by atoms with Crippen LogP contribution in [0.5, 0.6) is 0 Å². The summed E-state index contributed by atoms with van der Waals surface area (Å²) >= 11 is 0. The lowest BCUT2D eigenvalue weighted by molar-refractivity contribution is -0.710. The normalized spacial score (nSPS) is 21.7. The molecule has 10 heteroatoms. The Labute approximate surface area is 243 Å². The Balaban J connectivity index is 1.53. The van der Waals surface area contributed by atoms with Crippen molar-refractivity contribution in [3.8, 4) is 0 Å². The quantitative estimate of drug-likeness (QED) is 0.131. The highest BCUT2D eigenvalue weighted by Crippen LogP contribution is 2.31. The lowest BCUT2D eigenvalue weighted by Gasteiger charge is -2.44. The molecule has 0 N–H and O–H groups in total. The Hall–Kier alpha value is -4.80. The van der Waals surface area contributed by atoms with Gasteiger partial charge in [0, 0.05) is 7.11 Å². The van der Waals surface area contributed by atoms with Gasteiger partial charge in [-0.15, -0.1) is 0 Å². The van der Waals surface area contributed by atoms with Crippen molar-refractivity contribution in [2.45, 2.75) is 37.3 Å². The molecule has 5 rings (SSSR count). The van der Waals surface area contributed by atoms with E-state index in [2.05, 4.69) is 6.33 Å². The van der Waals surface area contributed by atoms with Crippen molar-refractivity contribution in [2.24, 2.45) is 7.05 Å². The summed E-state index contributed by atoms with van der Waals surface area (Å²) in [4.78, 5) is 39.9. The second-order valence-corrected chi connectivity index (χ2v) is 9.65. The highest BCUT2D eigenvalue weighted by Gasteiger charge is 2.53. The Kier molecular flexibility index (Phi) is 9.05. The number of aryl methyl sites for hydroxylation is 1. The molecule has 42 heavy (non-hydrogen) atoms. The zero-order valence-electron chi connectivity index (χ0n) is 23.1. The van der Waals surface area contributed by atoms with Crippen LogP contribution in [0, 0.1) is 6.33 Å². The van der Waals surface area contributed by atoms with Crippen LogP contribution in [0.3, 0.4) is 0 Å². The van der Waals surface area contributed by atoms with Gasteiger partial charge in [-0.2, -0.15) is 0 Å². The van der Waals surface area contributed by atoms with E-state index in [0.717, 1.165) is 0 Å². The van der Waals surface area contributed by atoms with Crippen LogP contribution in [0.4, 0.5) is 0 Å². The van der Waals surface area contributed by atoms with Crippen molar-refractivity contribution in [3.63, 3.8) is 0 Å². The van der Waals surface area contributed by atoms with Crippen LogP contribution in [0.25, 0.3) is 0 Å². The molecule has 10 nitrogen and oxygen atoms in total. The molecule has 1 aromatic heterocycles. The van der Waals surface area contributed by atoms with Crippen molar-refractivity contribution in [2.75, 3.05) is 7.11 Å². The average Bonchev–Trinajstić information content (AvgIpc) is 3.44. The summed E-state index contributed by atoms with van der Waals surface area (Å²) in [5, 5.41) is 0. The van der Waals surface area contributed by atoms with Gasteiger partial charge in [-0.25, -0.2) is 14.4 Å². The standard InChI is InChI=1S/C32H30N2O8/c1-33-18-19-34(21-33)20-25-26(40-29(35)22-12-6-3-7-13-22)27(41-30(36)23-14-8-4-9-15-23)28(32(38-2)39-25)42-31(37)24-16-10-5-11-17-24/h3-19,25-28,32H,20H2,1-2H3/t25-,26-,27+,28-,32+/m1/s1. The van der Waals surface area contributed by atoms with E-state index in [1.165, 1.54) is 7.11 Å². The van der Waals surface area contributed by atoms with Gasteiger partial charge in [0.15, 0.2) is 24.6 Å². The van der Waals surface area contributed by atoms with Crippen LogP contribution in [0.2, 0.25) is 0 Å². The minimum absolute atomic E-state index is 0.159. The molecule has 0 unspecified atom stereocenters. The third kappa shape index (κ3) is 6.73. The van der Waals surface area contributed by atoms with E-state index >= 15 is 0 Å². The van der Waals surface area contributed by atoms with Crippen LogP contribution in [0.15, 0.2) is 103 Å². The summed E-state index contributed by atoms with van der Waals surface area (Å²) in [5.74, 6) is -2.05. The first kappa shape index (κ1) is 28.7. The molecule has 1 fully saturated rings. The first-order valence-corrected chi connectivity index (χ1v) is 13.3. The molecule has 4 aromatic rings. The van der Waals surface area contributed by atoms with Crippen LogP contribution >= 0.6 is 0 Å². The van der Waals surface area contributed by atoms with Gasteiger partial charge in [0.25, 0.3) is 0 Å². The number of imidazole rings is 1. The number of methoxy groups -OCH3 is 1. The van der Waals surface area contributed by atoms with Gasteiger partial charge in [-0.1, -0.05) is 54.6 Å². The number of aromatic nitrogens is 2. The van der Waals surface area contributed by atoms with Crippen LogP contribution in [-0.2, 0) is 37.3 Å². The average molecular weight is 571 g/mol. The number of benzene rings is 3. The molecule has 5 atom stereocenters. The molecule has 3 aromatic carbocycles. The molecule has 0 spiro atoms. The van der Waals surface area contributed by atoms with Gasteiger partial charge < -0.3 is 32.8 Å². The summed E-state index contributed by atoms with van der Waals surface area (Å²) in [5.41, 5.74) is 0.825. The number of carbonyl (C=O) groups excluding carboxylic acids is 3. The largest absolute Gasteiger partial charge is 0.452 e. The summed E-state index contributed by atoms with van der Waals surface area (Å²) in [7, 11) is 3.20. The second-order valence-electron chi connectivity index (χ2n) is 9.65. The molecule has 216 valence electrons. The van der Waals surface area contributed by atoms with Gasteiger partial charge >= 0.3 is 17.9 Å². The van der Waals surface area contributed by atoms with Crippen molar-refractivity contribution < 1.29 is 42.6 Å². The minimum atomic E-state index is -1.30. The van der Waals surface area contributed by atoms with Crippen molar-refractivity contribution >= 4 is 17.9 Å². The van der Waals surface area contributed by atoms with Crippen LogP contribution < -0.4 is 4.57 Å². The first-order valence-electron chi connectivity index (χ1n) is 13.3. The van der Waals surface area contributed by atoms with Gasteiger partial charge in [0.1, 0.15) is 6.10 Å². The van der Waals surface area contributed by atoms with Gasteiger partial charge in [0.05, 0.1) is 30.3 Å². The molecule has 0 saturated carbocycles. The summed E-state index contributed by atoms with van der Waals surface area (Å²) < 4.78 is 33.2. The maximum atomic E-state index is 13.4. The van der Waals surface area contributed by atoms with E-state index < -0.39 is 48.6 Å². The lowest BCUT2D eigenvalue weighted by atomic mass is 9.97. The van der Waals surface area contributed by atoms with Crippen molar-refractivity contribution in [1.29, 1.82) is 0 Å². The maximum absolute atomic E-state index is 13.4. The number of carbonyl (C=O) groups is 3. The van der Waals surface area contributed by atoms with E-state index in [0.29, 0.717) is 0 Å². The summed E-state index contributed by atoms with van der Waals surface area (Å²) in [6, 6.07) is 25.1. The first-order chi connectivity index (χ1) is 20.4. The molecule has 0 amide bonds. The van der Waals surface area contributed by atoms with Gasteiger partial charge in [-0.05, 0) is 48.8 Å². The SMILES string of the molecule is CO[C@H]1O[C@H](C[n+]2[c-]n(C)cc2)[C@@H](OC(=O)c2ccccc2)[C@H](OC(=O)c2ccccc2)[C@H]1OC(=O)c1ccccc1. The van der Waals surface area contributed by atoms with Gasteiger partial charge in [-0.3, -0.25) is 0 Å². The monoisotopic (exact) mass is 570 g/mol. The lowest BCUT2D eigenvalue weighted by Crippen LogP contribution is -2.64. The Morgan fingerprint density at radius 1 is 0.738 bits per heavy atom. The molecule has 1 saturated heterocycles. The van der Waals surface area contributed by atoms with Crippen LogP contribution in [-0.4, -0.2) is 60.3 Å². The Bertz CT molecular complexity index is 1490. The smallest absolute Gasteiger partial charge is 0.338 e. The number of hydrogen-bond acceptors (Lipinski definition) is 8. The molecule has 0 aliphatic carbocycles. The number of hydrogen-bond donors (Lipinski definition) is 0. The number of rotatable bonds is 9. The minimum Gasteiger partial charge on any atom is -0.452 e. The van der Waals surface area contributed by atoms with Crippen molar-refractivity contribution in [3.05, 3.63) is 126 Å². The highest BCUT2D eigenvalue weighted by molar-refractivity contribution is 5.91. The van der Waals surface area contributed by atoms with E-state index in [4.69, 9.17) is 23.7 Å². The Morgan fingerprint density at radius 2 is 1.19 bits per heavy atom. The second kappa shape index (κ2) is 13.2. The fraction of sp³-hybridized carbons (Fsp3) is 0.250. The highest BCUT2D eigenvalue weighted by atomic mass is 16.7. The summed E-state index contributed by atoms with van der Waals surface area (Å²) in [6.07, 6.45) is 0.817. The predicted octanol–water partition coefficient (Wildman–Crippen LogP) is 3.16. The van der Waals surface area contributed by atoms with E-state index in [9.17, 15) is 14.4 Å². The molecule has 1 aliphatic rings. The third-order valence-corrected chi connectivity index (χ3v) is 6.71. The molecular formula is C32H30N2O8. The molecule has 0 radical (unpaired) electrons. The van der Waals surface area contributed by atoms with Crippen molar-refractivity contribution in [1.82, 2.24) is 4.57 Å². The third-order valence-electron chi connectivity index (χ3n) is 6.71. The fourth-order valence-electron chi connectivity index (χ4n) is 4.66. The number of ether oxygens (including phenoxy) is 5. The van der Waals surface area contributed by atoms with E-state index in [1.54, 1.807) is 113 Å². The molecular weight excluding hydrogens is 540 g/mol. The number of esters is 3.